The third kappa shape index (κ3) is 3.78. The molecule has 0 heterocycles. The van der Waals surface area contributed by atoms with Crippen molar-refractivity contribution in [3.63, 3.8) is 0 Å². The standard InChI is InChI=1S/C16H15F3N2O/c1-11(12-5-3-2-4-6-12)21-14-8-7-13(16(17,18)19)9-15(14)20-10-22/h2-11,21H,1H3,(H,20,22). The van der Waals surface area contributed by atoms with Crippen molar-refractivity contribution in [3.05, 3.63) is 59.7 Å². The molecular formula is C16H15F3N2O. The molecule has 0 aliphatic carbocycles. The number of halogens is 3. The summed E-state index contributed by atoms with van der Waals surface area (Å²) in [6.07, 6.45) is -4.10. The van der Waals surface area contributed by atoms with Crippen LogP contribution in [-0.4, -0.2) is 6.41 Å². The normalized spacial score (nSPS) is 12.5. The van der Waals surface area contributed by atoms with E-state index in [0.29, 0.717) is 12.1 Å². The lowest BCUT2D eigenvalue weighted by molar-refractivity contribution is -0.137. The second kappa shape index (κ2) is 6.51. The van der Waals surface area contributed by atoms with E-state index in [1.54, 1.807) is 0 Å². The van der Waals surface area contributed by atoms with Gasteiger partial charge in [-0.2, -0.15) is 13.2 Å². The molecule has 0 fully saturated rings. The molecule has 0 aliphatic heterocycles. The van der Waals surface area contributed by atoms with Crippen LogP contribution in [-0.2, 0) is 11.0 Å². The highest BCUT2D eigenvalue weighted by atomic mass is 19.4. The molecule has 2 aromatic carbocycles. The van der Waals surface area contributed by atoms with Gasteiger partial charge in [-0.3, -0.25) is 4.79 Å². The Morgan fingerprint density at radius 1 is 1.05 bits per heavy atom. The van der Waals surface area contributed by atoms with Crippen LogP contribution in [0.4, 0.5) is 24.5 Å². The number of carbonyl (C=O) groups is 1. The predicted octanol–water partition coefficient (Wildman–Crippen LogP) is 4.45. The molecule has 6 heteroatoms. The van der Waals surface area contributed by atoms with Crippen LogP contribution in [0.2, 0.25) is 0 Å². The molecule has 0 saturated heterocycles. The highest BCUT2D eigenvalue weighted by Crippen LogP contribution is 2.35. The molecule has 0 bridgehead atoms. The fourth-order valence-corrected chi connectivity index (χ4v) is 2.09. The fourth-order valence-electron chi connectivity index (χ4n) is 2.09. The second-order valence-corrected chi connectivity index (χ2v) is 4.80. The van der Waals surface area contributed by atoms with Crippen LogP contribution in [0, 0.1) is 0 Å². The van der Waals surface area contributed by atoms with Crippen LogP contribution in [0.15, 0.2) is 48.5 Å². The average molecular weight is 308 g/mol. The molecule has 2 aromatic rings. The minimum Gasteiger partial charge on any atom is -0.377 e. The molecule has 0 saturated carbocycles. The van der Waals surface area contributed by atoms with E-state index in [1.165, 1.54) is 6.07 Å². The highest BCUT2D eigenvalue weighted by Gasteiger charge is 2.31. The number of alkyl halides is 3. The van der Waals surface area contributed by atoms with E-state index in [9.17, 15) is 18.0 Å². The van der Waals surface area contributed by atoms with Gasteiger partial charge in [0.1, 0.15) is 0 Å². The average Bonchev–Trinajstić information content (AvgIpc) is 2.49. The second-order valence-electron chi connectivity index (χ2n) is 4.80. The number of benzene rings is 2. The van der Waals surface area contributed by atoms with Gasteiger partial charge < -0.3 is 10.6 Å². The summed E-state index contributed by atoms with van der Waals surface area (Å²) < 4.78 is 38.2. The fraction of sp³-hybridized carbons (Fsp3) is 0.188. The molecule has 2 rings (SSSR count). The van der Waals surface area contributed by atoms with Gasteiger partial charge in [0.05, 0.1) is 16.9 Å². The Bertz CT molecular complexity index is 642. The van der Waals surface area contributed by atoms with Gasteiger partial charge in [0.15, 0.2) is 0 Å². The number of rotatable bonds is 5. The summed E-state index contributed by atoms with van der Waals surface area (Å²) in [5.74, 6) is 0. The lowest BCUT2D eigenvalue weighted by Crippen LogP contribution is -2.11. The summed E-state index contributed by atoms with van der Waals surface area (Å²) in [4.78, 5) is 10.6. The van der Waals surface area contributed by atoms with Crippen molar-refractivity contribution in [2.24, 2.45) is 0 Å². The molecule has 116 valence electrons. The summed E-state index contributed by atoms with van der Waals surface area (Å²) in [5.41, 5.74) is 0.693. The van der Waals surface area contributed by atoms with Crippen molar-refractivity contribution in [2.45, 2.75) is 19.1 Å². The summed E-state index contributed by atoms with van der Waals surface area (Å²) in [5, 5.41) is 5.40. The first kappa shape index (κ1) is 15.9. The van der Waals surface area contributed by atoms with Crippen LogP contribution in [0.5, 0.6) is 0 Å². The Kier molecular flexibility index (Phi) is 4.70. The Hall–Kier alpha value is -2.50. The van der Waals surface area contributed by atoms with Gasteiger partial charge in [0.2, 0.25) is 6.41 Å². The Morgan fingerprint density at radius 2 is 1.73 bits per heavy atom. The number of carbonyl (C=O) groups excluding carboxylic acids is 1. The summed E-state index contributed by atoms with van der Waals surface area (Å²) >= 11 is 0. The van der Waals surface area contributed by atoms with Crippen molar-refractivity contribution in [3.8, 4) is 0 Å². The van der Waals surface area contributed by atoms with Gasteiger partial charge in [-0.15, -0.1) is 0 Å². The van der Waals surface area contributed by atoms with Crippen molar-refractivity contribution in [2.75, 3.05) is 10.6 Å². The molecule has 2 N–H and O–H groups in total. The van der Waals surface area contributed by atoms with Crippen molar-refractivity contribution in [1.82, 2.24) is 0 Å². The number of amides is 1. The first-order valence-corrected chi connectivity index (χ1v) is 6.64. The lowest BCUT2D eigenvalue weighted by Gasteiger charge is -2.19. The third-order valence-corrected chi connectivity index (χ3v) is 3.23. The van der Waals surface area contributed by atoms with Crippen LogP contribution < -0.4 is 10.6 Å². The van der Waals surface area contributed by atoms with E-state index in [0.717, 1.165) is 17.7 Å². The van der Waals surface area contributed by atoms with Gasteiger partial charge in [-0.05, 0) is 30.7 Å². The van der Waals surface area contributed by atoms with E-state index >= 15 is 0 Å². The predicted molar refractivity (Wildman–Crippen MR) is 79.6 cm³/mol. The molecule has 1 unspecified atom stereocenters. The maximum atomic E-state index is 12.7. The zero-order valence-corrected chi connectivity index (χ0v) is 11.8. The minimum atomic E-state index is -4.46. The maximum absolute atomic E-state index is 12.7. The van der Waals surface area contributed by atoms with Gasteiger partial charge in [-0.1, -0.05) is 30.3 Å². The Balaban J connectivity index is 2.28. The Labute approximate surface area is 126 Å². The molecule has 0 spiro atoms. The molecule has 0 aliphatic rings. The number of hydrogen-bond acceptors (Lipinski definition) is 2. The minimum absolute atomic E-state index is 0.0904. The zero-order valence-electron chi connectivity index (χ0n) is 11.8. The van der Waals surface area contributed by atoms with Crippen molar-refractivity contribution < 1.29 is 18.0 Å². The first-order valence-electron chi connectivity index (χ1n) is 6.64. The monoisotopic (exact) mass is 308 g/mol. The summed E-state index contributed by atoms with van der Waals surface area (Å²) in [6.45, 7) is 1.89. The van der Waals surface area contributed by atoms with Gasteiger partial charge in [0.25, 0.3) is 0 Å². The van der Waals surface area contributed by atoms with E-state index in [4.69, 9.17) is 0 Å². The smallest absolute Gasteiger partial charge is 0.377 e. The quantitative estimate of drug-likeness (QED) is 0.801. The van der Waals surface area contributed by atoms with Crippen molar-refractivity contribution in [1.29, 1.82) is 0 Å². The number of nitrogens with one attached hydrogen (secondary N) is 2. The van der Waals surface area contributed by atoms with E-state index < -0.39 is 11.7 Å². The molecule has 1 amide bonds. The van der Waals surface area contributed by atoms with Crippen LogP contribution in [0.1, 0.15) is 24.1 Å². The largest absolute Gasteiger partial charge is 0.416 e. The highest BCUT2D eigenvalue weighted by molar-refractivity contribution is 5.81. The number of hydrogen-bond donors (Lipinski definition) is 2. The van der Waals surface area contributed by atoms with Crippen LogP contribution in [0.3, 0.4) is 0 Å². The lowest BCUT2D eigenvalue weighted by atomic mass is 10.1. The topological polar surface area (TPSA) is 41.1 Å². The Morgan fingerprint density at radius 3 is 2.32 bits per heavy atom. The van der Waals surface area contributed by atoms with Crippen molar-refractivity contribution >= 4 is 17.8 Å². The molecule has 3 nitrogen and oxygen atoms in total. The third-order valence-electron chi connectivity index (χ3n) is 3.23. The van der Waals surface area contributed by atoms with E-state index in [-0.39, 0.29) is 11.7 Å². The molecule has 0 aromatic heterocycles. The zero-order chi connectivity index (χ0) is 16.2. The summed E-state index contributed by atoms with van der Waals surface area (Å²) in [6, 6.07) is 12.6. The summed E-state index contributed by atoms with van der Waals surface area (Å²) in [7, 11) is 0. The van der Waals surface area contributed by atoms with Gasteiger partial charge in [0, 0.05) is 6.04 Å². The van der Waals surface area contributed by atoms with E-state index in [1.807, 2.05) is 37.3 Å². The van der Waals surface area contributed by atoms with Crippen LogP contribution in [0.25, 0.3) is 0 Å². The SMILES string of the molecule is CC(Nc1ccc(C(F)(F)F)cc1NC=O)c1ccccc1. The van der Waals surface area contributed by atoms with E-state index in [2.05, 4.69) is 10.6 Å². The first-order chi connectivity index (χ1) is 10.4. The molecular weight excluding hydrogens is 293 g/mol. The molecule has 0 radical (unpaired) electrons. The van der Waals surface area contributed by atoms with Gasteiger partial charge in [-0.25, -0.2) is 0 Å². The van der Waals surface area contributed by atoms with Crippen LogP contribution >= 0.6 is 0 Å². The maximum Gasteiger partial charge on any atom is 0.416 e. The van der Waals surface area contributed by atoms with Gasteiger partial charge >= 0.3 is 6.18 Å². The number of anilines is 2. The molecule has 22 heavy (non-hydrogen) atoms. The molecule has 1 atom stereocenters.